The Morgan fingerprint density at radius 3 is 2.44 bits per heavy atom. The molecule has 0 amide bonds. The Morgan fingerprint density at radius 1 is 1.00 bits per heavy atom. The molecular weight excluding hydrogens is 425 g/mol. The predicted octanol–water partition coefficient (Wildman–Crippen LogP) is 5.71. The third kappa shape index (κ3) is 4.42. The molecule has 0 bridgehead atoms. The lowest BCUT2D eigenvalue weighted by Gasteiger charge is -2.32. The van der Waals surface area contributed by atoms with Gasteiger partial charge in [0.05, 0.1) is 5.69 Å². The normalized spacial score (nSPS) is 15.2. The maximum absolute atomic E-state index is 13.2. The molecule has 1 fully saturated rings. The van der Waals surface area contributed by atoms with E-state index >= 15 is 0 Å². The molecule has 32 heavy (non-hydrogen) atoms. The smallest absolute Gasteiger partial charge is 0.123 e. The van der Waals surface area contributed by atoms with E-state index in [1.54, 1.807) is 12.5 Å². The number of piperidine rings is 1. The van der Waals surface area contributed by atoms with Crippen LogP contribution < -0.4 is 0 Å². The molecule has 0 aliphatic carbocycles. The molecule has 5 rings (SSSR count). The summed E-state index contributed by atoms with van der Waals surface area (Å²) >= 11 is 6.09. The van der Waals surface area contributed by atoms with Crippen LogP contribution in [0.25, 0.3) is 22.5 Å². The molecule has 1 aliphatic heterocycles. The maximum Gasteiger partial charge on any atom is 0.123 e. The van der Waals surface area contributed by atoms with Crippen LogP contribution in [0, 0.1) is 5.82 Å². The molecule has 7 heteroatoms. The minimum atomic E-state index is -0.194. The monoisotopic (exact) mass is 447 g/mol. The first kappa shape index (κ1) is 20.8. The highest BCUT2D eigenvalue weighted by Gasteiger charge is 2.27. The van der Waals surface area contributed by atoms with Crippen molar-refractivity contribution in [3.63, 3.8) is 0 Å². The average Bonchev–Trinajstić information content (AvgIpc) is 3.27. The zero-order valence-electron chi connectivity index (χ0n) is 17.5. The van der Waals surface area contributed by atoms with Gasteiger partial charge in [-0.15, -0.1) is 0 Å². The first-order valence-corrected chi connectivity index (χ1v) is 11.1. The third-order valence-electron chi connectivity index (χ3n) is 6.07. The molecule has 162 valence electrons. The van der Waals surface area contributed by atoms with Crippen molar-refractivity contribution in [3.05, 3.63) is 89.2 Å². The Labute approximate surface area is 191 Å². The SMILES string of the molecule is Fc1ccc(CN2CCC(c3[nH]nc(-c4ccc(Cl)cc4)c3-c3ccncn3)CC2)cc1. The number of halogens is 2. The van der Waals surface area contributed by atoms with E-state index in [0.717, 1.165) is 66.2 Å². The molecule has 0 spiro atoms. The molecule has 1 N–H and O–H groups in total. The van der Waals surface area contributed by atoms with Crippen LogP contribution in [0.3, 0.4) is 0 Å². The minimum absolute atomic E-state index is 0.194. The van der Waals surface area contributed by atoms with Crippen molar-refractivity contribution in [3.8, 4) is 22.5 Å². The predicted molar refractivity (Wildman–Crippen MR) is 124 cm³/mol. The van der Waals surface area contributed by atoms with Gasteiger partial charge in [-0.05, 0) is 61.8 Å². The van der Waals surface area contributed by atoms with Crippen molar-refractivity contribution in [1.82, 2.24) is 25.1 Å². The number of rotatable bonds is 5. The van der Waals surface area contributed by atoms with Gasteiger partial charge in [-0.1, -0.05) is 35.9 Å². The summed E-state index contributed by atoms with van der Waals surface area (Å²) in [4.78, 5) is 11.0. The number of aromatic nitrogens is 4. The van der Waals surface area contributed by atoms with Crippen molar-refractivity contribution >= 4 is 11.6 Å². The van der Waals surface area contributed by atoms with Gasteiger partial charge in [0, 0.05) is 40.5 Å². The van der Waals surface area contributed by atoms with Gasteiger partial charge in [0.15, 0.2) is 0 Å². The van der Waals surface area contributed by atoms with Crippen LogP contribution in [0.1, 0.15) is 30.0 Å². The topological polar surface area (TPSA) is 57.7 Å². The van der Waals surface area contributed by atoms with E-state index < -0.39 is 0 Å². The van der Waals surface area contributed by atoms with Crippen LogP contribution in [0.4, 0.5) is 4.39 Å². The molecular formula is C25H23ClFN5. The third-order valence-corrected chi connectivity index (χ3v) is 6.32. The second-order valence-corrected chi connectivity index (χ2v) is 8.58. The minimum Gasteiger partial charge on any atom is -0.299 e. The zero-order valence-corrected chi connectivity index (χ0v) is 18.3. The fourth-order valence-electron chi connectivity index (χ4n) is 4.39. The molecule has 0 atom stereocenters. The van der Waals surface area contributed by atoms with E-state index in [9.17, 15) is 4.39 Å². The standard InChI is InChI=1S/C25H23ClFN5/c26-20-5-3-18(4-6-20)24-23(22-9-12-28-16-29-22)25(31-30-24)19-10-13-32(14-11-19)15-17-1-7-21(27)8-2-17/h1-9,12,16,19H,10-11,13-15H2,(H,30,31). The van der Waals surface area contributed by atoms with Crippen LogP contribution in [-0.4, -0.2) is 38.2 Å². The van der Waals surface area contributed by atoms with Crippen LogP contribution in [0.2, 0.25) is 5.02 Å². The molecule has 0 unspecified atom stereocenters. The van der Waals surface area contributed by atoms with Gasteiger partial charge < -0.3 is 0 Å². The summed E-state index contributed by atoms with van der Waals surface area (Å²) in [7, 11) is 0. The Hall–Kier alpha value is -3.09. The summed E-state index contributed by atoms with van der Waals surface area (Å²) in [5.41, 5.74) is 6.03. The molecule has 5 nitrogen and oxygen atoms in total. The number of likely N-dealkylation sites (tertiary alicyclic amines) is 1. The number of nitrogens with one attached hydrogen (secondary N) is 1. The lowest BCUT2D eigenvalue weighted by atomic mass is 9.88. The Balaban J connectivity index is 1.39. The fourth-order valence-corrected chi connectivity index (χ4v) is 4.52. The van der Waals surface area contributed by atoms with Gasteiger partial charge in [0.25, 0.3) is 0 Å². The van der Waals surface area contributed by atoms with Crippen molar-refractivity contribution in [2.45, 2.75) is 25.3 Å². The van der Waals surface area contributed by atoms with E-state index in [0.29, 0.717) is 10.9 Å². The number of nitrogens with zero attached hydrogens (tertiary/aromatic N) is 4. The molecule has 0 radical (unpaired) electrons. The van der Waals surface area contributed by atoms with E-state index in [1.807, 2.05) is 42.5 Å². The second kappa shape index (κ2) is 9.18. The Kier molecular flexibility index (Phi) is 5.97. The quantitative estimate of drug-likeness (QED) is 0.426. The lowest BCUT2D eigenvalue weighted by molar-refractivity contribution is 0.203. The first-order valence-electron chi connectivity index (χ1n) is 10.7. The van der Waals surface area contributed by atoms with Crippen molar-refractivity contribution in [1.29, 1.82) is 0 Å². The van der Waals surface area contributed by atoms with Crippen molar-refractivity contribution in [2.24, 2.45) is 0 Å². The van der Waals surface area contributed by atoms with E-state index in [2.05, 4.69) is 25.1 Å². The molecule has 1 saturated heterocycles. The van der Waals surface area contributed by atoms with Crippen molar-refractivity contribution < 1.29 is 4.39 Å². The van der Waals surface area contributed by atoms with Gasteiger partial charge in [0.1, 0.15) is 17.8 Å². The number of benzene rings is 2. The average molecular weight is 448 g/mol. The van der Waals surface area contributed by atoms with Crippen LogP contribution in [-0.2, 0) is 6.54 Å². The molecule has 0 saturated carbocycles. The van der Waals surface area contributed by atoms with Gasteiger partial charge >= 0.3 is 0 Å². The van der Waals surface area contributed by atoms with Crippen LogP contribution >= 0.6 is 11.6 Å². The fraction of sp³-hybridized carbons (Fsp3) is 0.240. The lowest BCUT2D eigenvalue weighted by Crippen LogP contribution is -2.32. The molecule has 4 aromatic rings. The van der Waals surface area contributed by atoms with Crippen LogP contribution in [0.5, 0.6) is 0 Å². The van der Waals surface area contributed by atoms with Crippen molar-refractivity contribution in [2.75, 3.05) is 13.1 Å². The highest BCUT2D eigenvalue weighted by Crippen LogP contribution is 2.39. The number of aromatic amines is 1. The summed E-state index contributed by atoms with van der Waals surface area (Å²) in [6.45, 7) is 2.78. The Morgan fingerprint density at radius 2 is 1.75 bits per heavy atom. The maximum atomic E-state index is 13.2. The van der Waals surface area contributed by atoms with Gasteiger partial charge in [-0.2, -0.15) is 5.10 Å². The summed E-state index contributed by atoms with van der Waals surface area (Å²) in [6.07, 6.45) is 5.36. The second-order valence-electron chi connectivity index (χ2n) is 8.14. The summed E-state index contributed by atoms with van der Waals surface area (Å²) < 4.78 is 13.2. The van der Waals surface area contributed by atoms with E-state index in [1.165, 1.54) is 12.1 Å². The van der Waals surface area contributed by atoms with E-state index in [4.69, 9.17) is 11.6 Å². The van der Waals surface area contributed by atoms with Gasteiger partial charge in [-0.3, -0.25) is 10.00 Å². The largest absolute Gasteiger partial charge is 0.299 e. The Bertz CT molecular complexity index is 1170. The number of hydrogen-bond donors (Lipinski definition) is 1. The highest BCUT2D eigenvalue weighted by molar-refractivity contribution is 6.30. The molecule has 2 aromatic heterocycles. The summed E-state index contributed by atoms with van der Waals surface area (Å²) in [5, 5.41) is 8.70. The van der Waals surface area contributed by atoms with E-state index in [-0.39, 0.29) is 5.82 Å². The number of hydrogen-bond acceptors (Lipinski definition) is 4. The first-order chi connectivity index (χ1) is 15.7. The van der Waals surface area contributed by atoms with Crippen LogP contribution in [0.15, 0.2) is 67.1 Å². The molecule has 2 aromatic carbocycles. The summed E-state index contributed by atoms with van der Waals surface area (Å²) in [5.74, 6) is 0.165. The van der Waals surface area contributed by atoms with Gasteiger partial charge in [0.2, 0.25) is 0 Å². The summed E-state index contributed by atoms with van der Waals surface area (Å²) in [6, 6.07) is 16.4. The molecule has 3 heterocycles. The molecule has 1 aliphatic rings. The van der Waals surface area contributed by atoms with Gasteiger partial charge in [-0.25, -0.2) is 14.4 Å². The highest BCUT2D eigenvalue weighted by atomic mass is 35.5. The number of H-pyrrole nitrogens is 1. The zero-order chi connectivity index (χ0) is 21.9.